The maximum Gasteiger partial charge on any atom is 0.256 e. The standard InChI is InChI=1S/C24H20N2O3/c27-23-19-11-4-6-12-21(19)26-16-20(23)24(28)25-14-15-29-22-13-7-5-10-18(22)17-8-2-1-3-9-17/h1-13,16H,14-15H2,(H,25,28)(H,26,27). The van der Waals surface area contributed by atoms with E-state index in [4.69, 9.17) is 4.74 Å². The number of carbonyl (C=O) groups excluding carboxylic acids is 1. The van der Waals surface area contributed by atoms with Gasteiger partial charge in [0.25, 0.3) is 5.91 Å². The Labute approximate surface area is 168 Å². The minimum atomic E-state index is -0.419. The van der Waals surface area contributed by atoms with Gasteiger partial charge in [0.2, 0.25) is 5.43 Å². The highest BCUT2D eigenvalue weighted by molar-refractivity contribution is 5.97. The topological polar surface area (TPSA) is 71.2 Å². The number of hydrogen-bond acceptors (Lipinski definition) is 3. The van der Waals surface area contributed by atoms with Gasteiger partial charge in [-0.25, -0.2) is 0 Å². The van der Waals surface area contributed by atoms with E-state index in [0.29, 0.717) is 17.5 Å². The molecule has 0 aliphatic heterocycles. The summed E-state index contributed by atoms with van der Waals surface area (Å²) in [5.74, 6) is 0.327. The number of hydrogen-bond donors (Lipinski definition) is 2. The predicted molar refractivity (Wildman–Crippen MR) is 114 cm³/mol. The van der Waals surface area contributed by atoms with Crippen molar-refractivity contribution >= 4 is 16.8 Å². The van der Waals surface area contributed by atoms with Gasteiger partial charge in [0.15, 0.2) is 0 Å². The molecule has 1 amide bonds. The molecule has 1 aromatic heterocycles. The first kappa shape index (κ1) is 18.5. The molecule has 0 atom stereocenters. The van der Waals surface area contributed by atoms with Crippen molar-refractivity contribution in [2.45, 2.75) is 0 Å². The zero-order valence-corrected chi connectivity index (χ0v) is 15.7. The summed E-state index contributed by atoms with van der Waals surface area (Å²) in [6, 6.07) is 24.9. The summed E-state index contributed by atoms with van der Waals surface area (Å²) in [6.45, 7) is 0.579. The van der Waals surface area contributed by atoms with Crippen LogP contribution in [0, 0.1) is 0 Å². The molecule has 0 fully saturated rings. The number of para-hydroxylation sites is 2. The number of amides is 1. The van der Waals surface area contributed by atoms with Crippen LogP contribution in [-0.2, 0) is 0 Å². The maximum absolute atomic E-state index is 12.5. The monoisotopic (exact) mass is 384 g/mol. The Morgan fingerprint density at radius 2 is 1.62 bits per heavy atom. The van der Waals surface area contributed by atoms with Crippen molar-refractivity contribution < 1.29 is 9.53 Å². The van der Waals surface area contributed by atoms with Crippen molar-refractivity contribution in [3.63, 3.8) is 0 Å². The van der Waals surface area contributed by atoms with Crippen molar-refractivity contribution in [1.82, 2.24) is 10.3 Å². The van der Waals surface area contributed by atoms with Gasteiger partial charge in [0, 0.05) is 22.7 Å². The zero-order chi connectivity index (χ0) is 20.1. The quantitative estimate of drug-likeness (QED) is 0.494. The highest BCUT2D eigenvalue weighted by Crippen LogP contribution is 2.29. The van der Waals surface area contributed by atoms with Crippen LogP contribution < -0.4 is 15.5 Å². The molecule has 0 bridgehead atoms. The lowest BCUT2D eigenvalue weighted by molar-refractivity contribution is 0.0946. The number of H-pyrrole nitrogens is 1. The lowest BCUT2D eigenvalue weighted by Crippen LogP contribution is -2.32. The van der Waals surface area contributed by atoms with Gasteiger partial charge in [-0.3, -0.25) is 9.59 Å². The van der Waals surface area contributed by atoms with Crippen LogP contribution in [0.15, 0.2) is 89.9 Å². The second-order valence-corrected chi connectivity index (χ2v) is 6.54. The second kappa shape index (κ2) is 8.44. The van der Waals surface area contributed by atoms with Gasteiger partial charge in [0.1, 0.15) is 17.9 Å². The third-order valence-corrected chi connectivity index (χ3v) is 4.65. The molecule has 0 aliphatic rings. The number of aromatic nitrogens is 1. The number of benzene rings is 3. The fourth-order valence-corrected chi connectivity index (χ4v) is 3.21. The maximum atomic E-state index is 12.5. The van der Waals surface area contributed by atoms with Crippen molar-refractivity contribution in [1.29, 1.82) is 0 Å². The number of aromatic amines is 1. The summed E-state index contributed by atoms with van der Waals surface area (Å²) in [6.07, 6.45) is 1.45. The Morgan fingerprint density at radius 3 is 2.48 bits per heavy atom. The van der Waals surface area contributed by atoms with E-state index in [1.165, 1.54) is 6.20 Å². The zero-order valence-electron chi connectivity index (χ0n) is 15.7. The Kier molecular flexibility index (Phi) is 5.38. The fourth-order valence-electron chi connectivity index (χ4n) is 3.21. The van der Waals surface area contributed by atoms with Gasteiger partial charge in [-0.1, -0.05) is 60.7 Å². The molecule has 3 aromatic carbocycles. The van der Waals surface area contributed by atoms with Crippen molar-refractivity contribution in [2.75, 3.05) is 13.2 Å². The first-order valence-corrected chi connectivity index (χ1v) is 9.40. The number of fused-ring (bicyclic) bond motifs is 1. The summed E-state index contributed by atoms with van der Waals surface area (Å²) in [5.41, 5.74) is 2.57. The Balaban J connectivity index is 1.40. The average molecular weight is 384 g/mol. The summed E-state index contributed by atoms with van der Waals surface area (Å²) >= 11 is 0. The summed E-state index contributed by atoms with van der Waals surface area (Å²) < 4.78 is 5.88. The van der Waals surface area contributed by atoms with Crippen LogP contribution in [0.1, 0.15) is 10.4 Å². The number of pyridine rings is 1. The largest absolute Gasteiger partial charge is 0.491 e. The lowest BCUT2D eigenvalue weighted by atomic mass is 10.1. The first-order chi connectivity index (χ1) is 14.2. The molecule has 2 N–H and O–H groups in total. The minimum absolute atomic E-state index is 0.0911. The van der Waals surface area contributed by atoms with Crippen LogP contribution in [0.25, 0.3) is 22.0 Å². The molecule has 0 aliphatic carbocycles. The van der Waals surface area contributed by atoms with E-state index in [1.54, 1.807) is 18.2 Å². The molecule has 0 spiro atoms. The van der Waals surface area contributed by atoms with Crippen molar-refractivity contribution in [2.24, 2.45) is 0 Å². The molecular formula is C24H20N2O3. The van der Waals surface area contributed by atoms with E-state index < -0.39 is 5.91 Å². The Hall–Kier alpha value is -3.86. The first-order valence-electron chi connectivity index (χ1n) is 9.40. The smallest absolute Gasteiger partial charge is 0.256 e. The molecule has 5 nitrogen and oxygen atoms in total. The number of ether oxygens (including phenoxy) is 1. The Morgan fingerprint density at radius 1 is 0.897 bits per heavy atom. The predicted octanol–water partition coefficient (Wildman–Crippen LogP) is 4.00. The van der Waals surface area contributed by atoms with Crippen LogP contribution in [0.3, 0.4) is 0 Å². The van der Waals surface area contributed by atoms with E-state index >= 15 is 0 Å². The molecule has 0 saturated heterocycles. The number of rotatable bonds is 6. The Bertz CT molecular complexity index is 1200. The lowest BCUT2D eigenvalue weighted by Gasteiger charge is -2.12. The number of carbonyl (C=O) groups is 1. The van der Waals surface area contributed by atoms with E-state index in [9.17, 15) is 9.59 Å². The third kappa shape index (κ3) is 4.04. The van der Waals surface area contributed by atoms with Crippen molar-refractivity contribution in [3.8, 4) is 16.9 Å². The molecule has 29 heavy (non-hydrogen) atoms. The molecule has 4 rings (SSSR count). The fraction of sp³-hybridized carbons (Fsp3) is 0.0833. The highest BCUT2D eigenvalue weighted by Gasteiger charge is 2.12. The van der Waals surface area contributed by atoms with Gasteiger partial charge >= 0.3 is 0 Å². The second-order valence-electron chi connectivity index (χ2n) is 6.54. The van der Waals surface area contributed by atoms with Gasteiger partial charge in [-0.2, -0.15) is 0 Å². The van der Waals surface area contributed by atoms with Crippen molar-refractivity contribution in [3.05, 3.63) is 101 Å². The molecular weight excluding hydrogens is 364 g/mol. The van der Waals surface area contributed by atoms with Crippen LogP contribution in [0.5, 0.6) is 5.75 Å². The average Bonchev–Trinajstić information content (AvgIpc) is 2.78. The molecule has 144 valence electrons. The van der Waals surface area contributed by atoms with Crippen LogP contribution in [-0.4, -0.2) is 24.0 Å². The SMILES string of the molecule is O=C(NCCOc1ccccc1-c1ccccc1)c1c[nH]c2ccccc2c1=O. The van der Waals surface area contributed by atoms with E-state index in [0.717, 1.165) is 16.9 Å². The van der Waals surface area contributed by atoms with Gasteiger partial charge in [0.05, 0.1) is 6.54 Å². The summed E-state index contributed by atoms with van der Waals surface area (Å²) in [5, 5.41) is 3.24. The molecule has 5 heteroatoms. The normalized spacial score (nSPS) is 10.6. The molecule has 0 unspecified atom stereocenters. The summed E-state index contributed by atoms with van der Waals surface area (Å²) in [4.78, 5) is 27.9. The van der Waals surface area contributed by atoms with Crippen LogP contribution >= 0.6 is 0 Å². The minimum Gasteiger partial charge on any atom is -0.491 e. The summed E-state index contributed by atoms with van der Waals surface area (Å²) in [7, 11) is 0. The molecule has 4 aromatic rings. The van der Waals surface area contributed by atoms with E-state index in [-0.39, 0.29) is 17.5 Å². The number of nitrogens with one attached hydrogen (secondary N) is 2. The molecule has 1 heterocycles. The van der Waals surface area contributed by atoms with E-state index in [1.807, 2.05) is 60.7 Å². The van der Waals surface area contributed by atoms with Gasteiger partial charge in [-0.15, -0.1) is 0 Å². The van der Waals surface area contributed by atoms with Crippen LogP contribution in [0.2, 0.25) is 0 Å². The third-order valence-electron chi connectivity index (χ3n) is 4.65. The molecule has 0 saturated carbocycles. The van der Waals surface area contributed by atoms with E-state index in [2.05, 4.69) is 10.3 Å². The van der Waals surface area contributed by atoms with Crippen LogP contribution in [0.4, 0.5) is 0 Å². The highest BCUT2D eigenvalue weighted by atomic mass is 16.5. The van der Waals surface area contributed by atoms with Gasteiger partial charge in [-0.05, 0) is 23.8 Å². The van der Waals surface area contributed by atoms with Gasteiger partial charge < -0.3 is 15.0 Å². The molecule has 0 radical (unpaired) electrons.